The minimum atomic E-state index is -0.211. The zero-order chi connectivity index (χ0) is 11.5. The maximum atomic E-state index is 9.42. The second-order valence-electron chi connectivity index (χ2n) is 3.85. The van der Waals surface area contributed by atoms with Gasteiger partial charge in [0, 0.05) is 23.8 Å². The Morgan fingerprint density at radius 1 is 1.50 bits per heavy atom. The van der Waals surface area contributed by atoms with E-state index in [1.165, 1.54) is 0 Å². The molecule has 84 valence electrons. The van der Waals surface area contributed by atoms with Crippen molar-refractivity contribution in [2.75, 3.05) is 18.0 Å². The molecule has 1 aliphatic heterocycles. The van der Waals surface area contributed by atoms with Crippen LogP contribution in [0.3, 0.4) is 0 Å². The number of aliphatic hydroxyl groups is 1. The van der Waals surface area contributed by atoms with E-state index in [2.05, 4.69) is 31.9 Å². The van der Waals surface area contributed by atoms with E-state index in [0.29, 0.717) is 5.56 Å². The first-order chi connectivity index (χ1) is 7.70. The largest absolute Gasteiger partial charge is 0.393 e. The van der Waals surface area contributed by atoms with E-state index in [0.717, 1.165) is 36.2 Å². The van der Waals surface area contributed by atoms with Gasteiger partial charge in [0.2, 0.25) is 0 Å². The average molecular weight is 282 g/mol. The third kappa shape index (κ3) is 2.34. The topological polar surface area (TPSA) is 60.2 Å². The molecule has 0 radical (unpaired) electrons. The predicted octanol–water partition coefficient (Wildman–Crippen LogP) is 1.68. The molecule has 2 heterocycles. The Morgan fingerprint density at radius 2 is 2.19 bits per heavy atom. The molecule has 0 bridgehead atoms. The summed E-state index contributed by atoms with van der Waals surface area (Å²) in [5, 5.41) is 18.5. The molecule has 16 heavy (non-hydrogen) atoms. The van der Waals surface area contributed by atoms with Gasteiger partial charge in [-0.25, -0.2) is 4.98 Å². The first kappa shape index (κ1) is 11.4. The van der Waals surface area contributed by atoms with Crippen molar-refractivity contribution in [3.05, 3.63) is 22.3 Å². The Hall–Kier alpha value is -1.12. The molecular weight excluding hydrogens is 270 g/mol. The fourth-order valence-corrected chi connectivity index (χ4v) is 2.18. The number of halogens is 1. The van der Waals surface area contributed by atoms with Gasteiger partial charge < -0.3 is 10.0 Å². The van der Waals surface area contributed by atoms with Crippen molar-refractivity contribution in [2.45, 2.75) is 18.9 Å². The Kier molecular flexibility index (Phi) is 3.42. The molecule has 0 unspecified atom stereocenters. The molecule has 1 aromatic rings. The fraction of sp³-hybridized carbons (Fsp3) is 0.455. The molecule has 0 amide bonds. The van der Waals surface area contributed by atoms with Crippen LogP contribution in [0.15, 0.2) is 16.7 Å². The van der Waals surface area contributed by atoms with Gasteiger partial charge in [-0.3, -0.25) is 0 Å². The van der Waals surface area contributed by atoms with Crippen LogP contribution in [-0.4, -0.2) is 29.3 Å². The number of pyridine rings is 1. The van der Waals surface area contributed by atoms with Crippen LogP contribution in [0.4, 0.5) is 5.82 Å². The van der Waals surface area contributed by atoms with Crippen LogP contribution in [0.1, 0.15) is 18.4 Å². The van der Waals surface area contributed by atoms with Crippen LogP contribution in [0, 0.1) is 11.3 Å². The maximum absolute atomic E-state index is 9.42. The highest BCUT2D eigenvalue weighted by Crippen LogP contribution is 2.23. The number of hydrogen-bond donors (Lipinski definition) is 1. The molecule has 1 N–H and O–H groups in total. The second-order valence-corrected chi connectivity index (χ2v) is 4.77. The molecule has 2 rings (SSSR count). The minimum absolute atomic E-state index is 0.211. The molecule has 0 spiro atoms. The summed E-state index contributed by atoms with van der Waals surface area (Å²) in [6.45, 7) is 1.51. The number of aliphatic hydroxyl groups excluding tert-OH is 1. The van der Waals surface area contributed by atoms with E-state index in [-0.39, 0.29) is 6.10 Å². The SMILES string of the molecule is N#Cc1cc(Br)cnc1N1CCC(O)CC1. The summed E-state index contributed by atoms with van der Waals surface area (Å²) in [4.78, 5) is 6.33. The lowest BCUT2D eigenvalue weighted by molar-refractivity contribution is 0.145. The van der Waals surface area contributed by atoms with Gasteiger partial charge in [0.05, 0.1) is 11.7 Å². The monoisotopic (exact) mass is 281 g/mol. The van der Waals surface area contributed by atoms with Crippen LogP contribution < -0.4 is 4.90 Å². The number of nitriles is 1. The highest BCUT2D eigenvalue weighted by Gasteiger charge is 2.20. The number of hydrogen-bond acceptors (Lipinski definition) is 4. The Labute approximate surface area is 103 Å². The highest BCUT2D eigenvalue weighted by atomic mass is 79.9. The summed E-state index contributed by atoms with van der Waals surface area (Å²) in [5.41, 5.74) is 0.575. The van der Waals surface area contributed by atoms with E-state index >= 15 is 0 Å². The zero-order valence-corrected chi connectivity index (χ0v) is 10.3. The predicted molar refractivity (Wildman–Crippen MR) is 64.1 cm³/mol. The lowest BCUT2D eigenvalue weighted by Gasteiger charge is -2.30. The third-order valence-electron chi connectivity index (χ3n) is 2.72. The van der Waals surface area contributed by atoms with Crippen LogP contribution in [0.5, 0.6) is 0 Å². The van der Waals surface area contributed by atoms with E-state index in [4.69, 9.17) is 5.26 Å². The Bertz CT molecular complexity index is 422. The summed E-state index contributed by atoms with van der Waals surface area (Å²) < 4.78 is 0.810. The van der Waals surface area contributed by atoms with Gasteiger partial charge in [-0.2, -0.15) is 5.26 Å². The molecule has 0 atom stereocenters. The van der Waals surface area contributed by atoms with Crippen molar-refractivity contribution in [2.24, 2.45) is 0 Å². The van der Waals surface area contributed by atoms with Gasteiger partial charge in [-0.15, -0.1) is 0 Å². The number of aromatic nitrogens is 1. The van der Waals surface area contributed by atoms with Crippen LogP contribution in [0.25, 0.3) is 0 Å². The molecule has 1 aliphatic rings. The molecule has 0 aliphatic carbocycles. The first-order valence-corrected chi connectivity index (χ1v) is 5.98. The fourth-order valence-electron chi connectivity index (χ4n) is 1.84. The molecule has 1 fully saturated rings. The standard InChI is InChI=1S/C11H12BrN3O/c12-9-5-8(6-13)11(14-7-9)15-3-1-10(16)2-4-15/h5,7,10,16H,1-4H2. The molecule has 0 saturated carbocycles. The second kappa shape index (κ2) is 4.81. The van der Waals surface area contributed by atoms with Crippen LogP contribution in [0.2, 0.25) is 0 Å². The maximum Gasteiger partial charge on any atom is 0.146 e. The smallest absolute Gasteiger partial charge is 0.146 e. The van der Waals surface area contributed by atoms with Crippen molar-refractivity contribution in [3.8, 4) is 6.07 Å². The average Bonchev–Trinajstić information content (AvgIpc) is 2.30. The number of nitrogens with zero attached hydrogens (tertiary/aromatic N) is 3. The third-order valence-corrected chi connectivity index (χ3v) is 3.15. The summed E-state index contributed by atoms with van der Waals surface area (Å²) in [6, 6.07) is 3.92. The number of rotatable bonds is 1. The quantitative estimate of drug-likeness (QED) is 0.851. The van der Waals surface area contributed by atoms with Gasteiger partial charge in [0.15, 0.2) is 0 Å². The highest BCUT2D eigenvalue weighted by molar-refractivity contribution is 9.10. The molecular formula is C11H12BrN3O. The normalized spacial score (nSPS) is 17.2. The van der Waals surface area contributed by atoms with Crippen molar-refractivity contribution in [3.63, 3.8) is 0 Å². The van der Waals surface area contributed by atoms with Crippen molar-refractivity contribution < 1.29 is 5.11 Å². The summed E-state index contributed by atoms with van der Waals surface area (Å²) in [7, 11) is 0. The Morgan fingerprint density at radius 3 is 2.81 bits per heavy atom. The van der Waals surface area contributed by atoms with Gasteiger partial charge in [0.1, 0.15) is 11.9 Å². The molecule has 1 saturated heterocycles. The molecule has 1 aromatic heterocycles. The van der Waals surface area contributed by atoms with Crippen LogP contribution in [-0.2, 0) is 0 Å². The molecule has 5 heteroatoms. The van der Waals surface area contributed by atoms with E-state index < -0.39 is 0 Å². The summed E-state index contributed by atoms with van der Waals surface area (Å²) in [6.07, 6.45) is 2.96. The van der Waals surface area contributed by atoms with Crippen molar-refractivity contribution in [1.82, 2.24) is 4.98 Å². The molecule has 0 aromatic carbocycles. The van der Waals surface area contributed by atoms with Crippen molar-refractivity contribution in [1.29, 1.82) is 5.26 Å². The van der Waals surface area contributed by atoms with E-state index in [1.54, 1.807) is 12.3 Å². The van der Waals surface area contributed by atoms with E-state index in [9.17, 15) is 5.11 Å². The van der Waals surface area contributed by atoms with Crippen LogP contribution >= 0.6 is 15.9 Å². The van der Waals surface area contributed by atoms with Gasteiger partial charge in [-0.1, -0.05) is 0 Å². The van der Waals surface area contributed by atoms with Gasteiger partial charge in [-0.05, 0) is 34.8 Å². The number of piperidine rings is 1. The molecule has 4 nitrogen and oxygen atoms in total. The number of anilines is 1. The van der Waals surface area contributed by atoms with E-state index in [1.807, 2.05) is 0 Å². The summed E-state index contributed by atoms with van der Waals surface area (Å²) >= 11 is 3.30. The lowest BCUT2D eigenvalue weighted by atomic mass is 10.1. The van der Waals surface area contributed by atoms with Gasteiger partial charge >= 0.3 is 0 Å². The first-order valence-electron chi connectivity index (χ1n) is 5.19. The van der Waals surface area contributed by atoms with Gasteiger partial charge in [0.25, 0.3) is 0 Å². The zero-order valence-electron chi connectivity index (χ0n) is 8.73. The minimum Gasteiger partial charge on any atom is -0.393 e. The van der Waals surface area contributed by atoms with Crippen molar-refractivity contribution >= 4 is 21.7 Å². The lowest BCUT2D eigenvalue weighted by Crippen LogP contribution is -2.36. The Balaban J connectivity index is 2.24. The summed E-state index contributed by atoms with van der Waals surface area (Å²) in [5.74, 6) is 0.720.